The van der Waals surface area contributed by atoms with Crippen LogP contribution in [-0.2, 0) is 10.2 Å². The molecule has 0 amide bonds. The summed E-state index contributed by atoms with van der Waals surface area (Å²) in [5, 5.41) is 0. The third-order valence-electron chi connectivity index (χ3n) is 2.54. The van der Waals surface area contributed by atoms with E-state index in [9.17, 15) is 8.42 Å². The quantitative estimate of drug-likeness (QED) is 0.605. The van der Waals surface area contributed by atoms with E-state index in [1.807, 2.05) is 19.0 Å². The summed E-state index contributed by atoms with van der Waals surface area (Å²) in [6, 6.07) is 0. The van der Waals surface area contributed by atoms with Gasteiger partial charge in [0.25, 0.3) is 10.2 Å². The van der Waals surface area contributed by atoms with Crippen LogP contribution in [0.4, 0.5) is 0 Å². The predicted molar refractivity (Wildman–Crippen MR) is 71.0 cm³/mol. The highest BCUT2D eigenvalue weighted by Gasteiger charge is 2.22. The molecule has 0 unspecified atom stereocenters. The van der Waals surface area contributed by atoms with E-state index in [4.69, 9.17) is 5.73 Å². The molecular formula is C10H26N4O2S. The van der Waals surface area contributed by atoms with Crippen LogP contribution in [0.2, 0.25) is 0 Å². The van der Waals surface area contributed by atoms with Gasteiger partial charge in [0.15, 0.2) is 0 Å². The van der Waals surface area contributed by atoms with Crippen LogP contribution in [0.15, 0.2) is 0 Å². The highest BCUT2D eigenvalue weighted by Crippen LogP contribution is 2.05. The summed E-state index contributed by atoms with van der Waals surface area (Å²) in [5.74, 6) is 0. The van der Waals surface area contributed by atoms with Crippen LogP contribution in [0.25, 0.3) is 0 Å². The number of hydrogen-bond donors (Lipinski definition) is 1. The SMILES string of the molecule is CN(C)CCCN(C)S(=O)(=O)N(C)CCCN. The van der Waals surface area contributed by atoms with Gasteiger partial charge in [-0.1, -0.05) is 0 Å². The van der Waals surface area contributed by atoms with Gasteiger partial charge in [0.2, 0.25) is 0 Å². The van der Waals surface area contributed by atoms with Crippen molar-refractivity contribution in [1.82, 2.24) is 13.5 Å². The van der Waals surface area contributed by atoms with E-state index < -0.39 is 10.2 Å². The molecule has 0 atom stereocenters. The van der Waals surface area contributed by atoms with Gasteiger partial charge in [-0.15, -0.1) is 0 Å². The Labute approximate surface area is 106 Å². The Kier molecular flexibility index (Phi) is 7.89. The second-order valence-electron chi connectivity index (χ2n) is 4.45. The minimum Gasteiger partial charge on any atom is -0.330 e. The first-order valence-electron chi connectivity index (χ1n) is 5.84. The molecule has 0 aromatic carbocycles. The molecule has 0 aliphatic rings. The maximum absolute atomic E-state index is 12.0. The highest BCUT2D eigenvalue weighted by atomic mass is 32.2. The zero-order chi connectivity index (χ0) is 13.5. The van der Waals surface area contributed by atoms with Crippen molar-refractivity contribution in [2.45, 2.75) is 12.8 Å². The summed E-state index contributed by atoms with van der Waals surface area (Å²) in [6.45, 7) is 2.39. The lowest BCUT2D eigenvalue weighted by molar-refractivity contribution is 0.351. The first-order chi connectivity index (χ1) is 7.82. The van der Waals surface area contributed by atoms with Crippen molar-refractivity contribution in [2.24, 2.45) is 5.73 Å². The first-order valence-corrected chi connectivity index (χ1v) is 7.24. The molecule has 104 valence electrons. The fourth-order valence-electron chi connectivity index (χ4n) is 1.39. The molecule has 0 fully saturated rings. The highest BCUT2D eigenvalue weighted by molar-refractivity contribution is 7.86. The summed E-state index contributed by atoms with van der Waals surface area (Å²) in [7, 11) is 3.84. The van der Waals surface area contributed by atoms with Gasteiger partial charge in [-0.25, -0.2) is 0 Å². The van der Waals surface area contributed by atoms with E-state index in [0.29, 0.717) is 26.1 Å². The molecule has 17 heavy (non-hydrogen) atoms. The summed E-state index contributed by atoms with van der Waals surface area (Å²) in [6.07, 6.45) is 1.51. The van der Waals surface area contributed by atoms with Crippen molar-refractivity contribution in [3.8, 4) is 0 Å². The summed E-state index contributed by atoms with van der Waals surface area (Å²) < 4.78 is 26.8. The zero-order valence-corrected chi connectivity index (χ0v) is 12.2. The fourth-order valence-corrected chi connectivity index (χ4v) is 2.59. The van der Waals surface area contributed by atoms with Crippen LogP contribution < -0.4 is 5.73 Å². The topological polar surface area (TPSA) is 69.9 Å². The molecule has 0 radical (unpaired) electrons. The molecule has 7 heteroatoms. The Morgan fingerprint density at radius 3 is 1.76 bits per heavy atom. The summed E-state index contributed by atoms with van der Waals surface area (Å²) in [5.41, 5.74) is 5.37. The van der Waals surface area contributed by atoms with Crippen molar-refractivity contribution >= 4 is 10.2 Å². The van der Waals surface area contributed by atoms with Gasteiger partial charge in [-0.2, -0.15) is 17.0 Å². The largest absolute Gasteiger partial charge is 0.330 e. The van der Waals surface area contributed by atoms with Crippen LogP contribution in [0, 0.1) is 0 Å². The third-order valence-corrected chi connectivity index (χ3v) is 4.48. The zero-order valence-electron chi connectivity index (χ0n) is 11.4. The summed E-state index contributed by atoms with van der Waals surface area (Å²) >= 11 is 0. The second-order valence-corrected chi connectivity index (χ2v) is 6.59. The van der Waals surface area contributed by atoms with E-state index in [0.717, 1.165) is 13.0 Å². The van der Waals surface area contributed by atoms with Crippen LogP contribution in [0.5, 0.6) is 0 Å². The average molecular weight is 266 g/mol. The van der Waals surface area contributed by atoms with Crippen molar-refractivity contribution in [2.75, 3.05) is 54.4 Å². The fraction of sp³-hybridized carbons (Fsp3) is 1.00. The lowest BCUT2D eigenvalue weighted by atomic mass is 10.4. The normalized spacial score (nSPS) is 12.9. The molecule has 0 aromatic rings. The van der Waals surface area contributed by atoms with E-state index in [2.05, 4.69) is 0 Å². The molecule has 0 aromatic heterocycles. The van der Waals surface area contributed by atoms with E-state index in [1.165, 1.54) is 8.61 Å². The van der Waals surface area contributed by atoms with Crippen molar-refractivity contribution < 1.29 is 8.42 Å². The molecule has 0 saturated carbocycles. The number of nitrogens with zero attached hydrogens (tertiary/aromatic N) is 3. The standard InChI is InChI=1S/C10H26N4O2S/c1-12(2)8-6-10-14(4)17(15,16)13(3)9-5-7-11/h5-11H2,1-4H3. The van der Waals surface area contributed by atoms with Gasteiger partial charge in [0, 0.05) is 27.2 Å². The van der Waals surface area contributed by atoms with Gasteiger partial charge in [0.05, 0.1) is 0 Å². The molecule has 0 heterocycles. The third kappa shape index (κ3) is 6.32. The van der Waals surface area contributed by atoms with Crippen LogP contribution in [0.1, 0.15) is 12.8 Å². The van der Waals surface area contributed by atoms with Crippen molar-refractivity contribution in [3.63, 3.8) is 0 Å². The molecule has 0 rings (SSSR count). The Hall–Kier alpha value is -0.210. The van der Waals surface area contributed by atoms with Gasteiger partial charge in [-0.3, -0.25) is 0 Å². The maximum Gasteiger partial charge on any atom is 0.281 e. The molecule has 2 N–H and O–H groups in total. The predicted octanol–water partition coefficient (Wildman–Crippen LogP) is -0.605. The molecule has 0 bridgehead atoms. The summed E-state index contributed by atoms with van der Waals surface area (Å²) in [4.78, 5) is 2.04. The molecular weight excluding hydrogens is 240 g/mol. The Bertz CT molecular complexity index is 293. The first kappa shape index (κ1) is 16.8. The van der Waals surface area contributed by atoms with E-state index in [-0.39, 0.29) is 0 Å². The molecule has 0 saturated heterocycles. The van der Waals surface area contributed by atoms with Gasteiger partial charge < -0.3 is 10.6 Å². The minimum atomic E-state index is -3.32. The van der Waals surface area contributed by atoms with E-state index in [1.54, 1.807) is 14.1 Å². The number of rotatable bonds is 9. The Balaban J connectivity index is 4.19. The van der Waals surface area contributed by atoms with Gasteiger partial charge in [0.1, 0.15) is 0 Å². The molecule has 0 aliphatic heterocycles. The monoisotopic (exact) mass is 266 g/mol. The molecule has 0 aliphatic carbocycles. The Morgan fingerprint density at radius 2 is 1.35 bits per heavy atom. The van der Waals surface area contributed by atoms with Crippen molar-refractivity contribution in [1.29, 1.82) is 0 Å². The second kappa shape index (κ2) is 7.99. The van der Waals surface area contributed by atoms with Gasteiger partial charge >= 0.3 is 0 Å². The lowest BCUT2D eigenvalue weighted by Crippen LogP contribution is -2.41. The van der Waals surface area contributed by atoms with E-state index >= 15 is 0 Å². The molecule has 6 nitrogen and oxygen atoms in total. The number of nitrogens with two attached hydrogens (primary N) is 1. The molecule has 0 spiro atoms. The Morgan fingerprint density at radius 1 is 0.882 bits per heavy atom. The van der Waals surface area contributed by atoms with Crippen molar-refractivity contribution in [3.05, 3.63) is 0 Å². The minimum absolute atomic E-state index is 0.469. The number of hydrogen-bond acceptors (Lipinski definition) is 4. The smallest absolute Gasteiger partial charge is 0.281 e. The van der Waals surface area contributed by atoms with Crippen LogP contribution in [-0.4, -0.2) is 76.3 Å². The van der Waals surface area contributed by atoms with Crippen LogP contribution >= 0.6 is 0 Å². The lowest BCUT2D eigenvalue weighted by Gasteiger charge is -2.24. The maximum atomic E-state index is 12.0. The van der Waals surface area contributed by atoms with Crippen LogP contribution in [0.3, 0.4) is 0 Å². The average Bonchev–Trinajstić information content (AvgIpc) is 2.24. The van der Waals surface area contributed by atoms with Gasteiger partial charge in [-0.05, 0) is 40.0 Å².